The number of hydrogen-bond donors (Lipinski definition) is 1. The number of nitrogens with two attached hydrogens (primary N) is 1. The van der Waals surface area contributed by atoms with Crippen molar-refractivity contribution in [2.24, 2.45) is 5.73 Å². The Hall–Kier alpha value is -0.420. The maximum Gasteiger partial charge on any atom is 0.0699 e. The highest BCUT2D eigenvalue weighted by molar-refractivity contribution is 7.07. The van der Waals surface area contributed by atoms with Gasteiger partial charge in [-0.25, -0.2) is 0 Å². The van der Waals surface area contributed by atoms with Gasteiger partial charge in [-0.05, 0) is 35.2 Å². The van der Waals surface area contributed by atoms with E-state index in [9.17, 15) is 0 Å². The van der Waals surface area contributed by atoms with E-state index in [2.05, 4.69) is 28.7 Å². The highest BCUT2D eigenvalue weighted by atomic mass is 32.1. The first-order valence-electron chi connectivity index (χ1n) is 6.43. The van der Waals surface area contributed by atoms with E-state index >= 15 is 0 Å². The van der Waals surface area contributed by atoms with Gasteiger partial charge in [0.25, 0.3) is 0 Å². The molecule has 0 saturated carbocycles. The highest BCUT2D eigenvalue weighted by Crippen LogP contribution is 2.24. The zero-order valence-electron chi connectivity index (χ0n) is 10.5. The van der Waals surface area contributed by atoms with E-state index in [-0.39, 0.29) is 0 Å². The van der Waals surface area contributed by atoms with Crippen molar-refractivity contribution < 1.29 is 4.74 Å². The number of hydrogen-bond acceptors (Lipinski definition) is 4. The van der Waals surface area contributed by atoms with Gasteiger partial charge < -0.3 is 10.5 Å². The second-order valence-corrected chi connectivity index (χ2v) is 5.34. The molecule has 0 aromatic carbocycles. The molecule has 3 nitrogen and oxygen atoms in total. The molecule has 1 fully saturated rings. The standard InChI is InChI=1S/C13H22N2OS/c1-2-12-9-15(5-3-6-16-12)13(8-14)11-4-7-17-10-11/h4,7,10,12-13H,2-3,5-6,8-9,14H2,1H3. The second kappa shape index (κ2) is 6.50. The molecule has 0 bridgehead atoms. The summed E-state index contributed by atoms with van der Waals surface area (Å²) in [7, 11) is 0. The van der Waals surface area contributed by atoms with Gasteiger partial charge in [0.05, 0.1) is 6.10 Å². The molecule has 1 aliphatic heterocycles. The minimum absolute atomic E-state index is 0.358. The molecule has 0 radical (unpaired) electrons. The van der Waals surface area contributed by atoms with Crippen molar-refractivity contribution in [1.29, 1.82) is 0 Å². The van der Waals surface area contributed by atoms with Gasteiger partial charge in [-0.15, -0.1) is 0 Å². The van der Waals surface area contributed by atoms with Crippen molar-refractivity contribution >= 4 is 11.3 Å². The third-order valence-corrected chi connectivity index (χ3v) is 4.13. The van der Waals surface area contributed by atoms with Gasteiger partial charge in [0.15, 0.2) is 0 Å². The summed E-state index contributed by atoms with van der Waals surface area (Å²) < 4.78 is 5.81. The highest BCUT2D eigenvalue weighted by Gasteiger charge is 2.24. The van der Waals surface area contributed by atoms with Crippen LogP contribution in [0.15, 0.2) is 16.8 Å². The topological polar surface area (TPSA) is 38.5 Å². The molecule has 2 N–H and O–H groups in total. The van der Waals surface area contributed by atoms with Crippen LogP contribution in [0.2, 0.25) is 0 Å². The smallest absolute Gasteiger partial charge is 0.0699 e. The predicted octanol–water partition coefficient (Wildman–Crippen LogP) is 2.25. The fourth-order valence-electron chi connectivity index (χ4n) is 2.41. The Bertz CT molecular complexity index is 315. The lowest BCUT2D eigenvalue weighted by molar-refractivity contribution is 0.0459. The molecule has 1 aromatic rings. The van der Waals surface area contributed by atoms with E-state index in [4.69, 9.17) is 10.5 Å². The van der Waals surface area contributed by atoms with Crippen molar-refractivity contribution in [3.8, 4) is 0 Å². The third kappa shape index (κ3) is 3.28. The van der Waals surface area contributed by atoms with Crippen molar-refractivity contribution in [2.75, 3.05) is 26.2 Å². The van der Waals surface area contributed by atoms with Crippen LogP contribution in [-0.2, 0) is 4.74 Å². The first-order valence-corrected chi connectivity index (χ1v) is 7.37. The molecule has 2 unspecified atom stereocenters. The molecule has 96 valence electrons. The summed E-state index contributed by atoms with van der Waals surface area (Å²) >= 11 is 1.75. The van der Waals surface area contributed by atoms with Crippen molar-refractivity contribution in [1.82, 2.24) is 4.90 Å². The zero-order valence-corrected chi connectivity index (χ0v) is 11.3. The molecular weight excluding hydrogens is 232 g/mol. The lowest BCUT2D eigenvalue weighted by Gasteiger charge is -2.30. The lowest BCUT2D eigenvalue weighted by Crippen LogP contribution is -2.38. The molecule has 1 aliphatic rings. The number of ether oxygens (including phenoxy) is 1. The molecule has 2 rings (SSSR count). The zero-order chi connectivity index (χ0) is 12.1. The summed E-state index contributed by atoms with van der Waals surface area (Å²) in [6, 6.07) is 2.55. The van der Waals surface area contributed by atoms with Gasteiger partial charge in [-0.3, -0.25) is 4.90 Å². The van der Waals surface area contributed by atoms with Gasteiger partial charge in [-0.1, -0.05) is 6.92 Å². The van der Waals surface area contributed by atoms with Crippen LogP contribution in [0.25, 0.3) is 0 Å². The van der Waals surface area contributed by atoms with Gasteiger partial charge in [0.1, 0.15) is 0 Å². The van der Waals surface area contributed by atoms with Crippen molar-refractivity contribution in [3.05, 3.63) is 22.4 Å². The van der Waals surface area contributed by atoms with E-state index in [0.717, 1.165) is 32.5 Å². The van der Waals surface area contributed by atoms with E-state index in [1.54, 1.807) is 11.3 Å². The molecule has 4 heteroatoms. The van der Waals surface area contributed by atoms with Crippen LogP contribution in [0.4, 0.5) is 0 Å². The molecular formula is C13H22N2OS. The van der Waals surface area contributed by atoms with Crippen LogP contribution < -0.4 is 5.73 Å². The van der Waals surface area contributed by atoms with Crippen LogP contribution in [0.5, 0.6) is 0 Å². The quantitative estimate of drug-likeness (QED) is 0.895. The fourth-order valence-corrected chi connectivity index (χ4v) is 3.12. The van der Waals surface area contributed by atoms with Gasteiger partial charge in [-0.2, -0.15) is 11.3 Å². The second-order valence-electron chi connectivity index (χ2n) is 4.56. The van der Waals surface area contributed by atoms with Crippen LogP contribution in [0.1, 0.15) is 31.4 Å². The summed E-state index contributed by atoms with van der Waals surface area (Å²) in [6.07, 6.45) is 2.55. The Labute approximate surface area is 108 Å². The fraction of sp³-hybridized carbons (Fsp3) is 0.692. The van der Waals surface area contributed by atoms with Gasteiger partial charge >= 0.3 is 0 Å². The average molecular weight is 254 g/mol. The van der Waals surface area contributed by atoms with Crippen LogP contribution in [-0.4, -0.2) is 37.2 Å². The van der Waals surface area contributed by atoms with E-state index < -0.39 is 0 Å². The molecule has 0 amide bonds. The normalized spacial score (nSPS) is 24.5. The first kappa shape index (κ1) is 13.0. The minimum Gasteiger partial charge on any atom is -0.377 e. The average Bonchev–Trinajstić information content (AvgIpc) is 2.76. The summed E-state index contributed by atoms with van der Waals surface area (Å²) in [5.41, 5.74) is 7.31. The molecule has 0 aliphatic carbocycles. The maximum absolute atomic E-state index is 5.95. The summed E-state index contributed by atoms with van der Waals surface area (Å²) in [4.78, 5) is 2.49. The Morgan fingerprint density at radius 1 is 1.65 bits per heavy atom. The largest absolute Gasteiger partial charge is 0.377 e. The van der Waals surface area contributed by atoms with Crippen molar-refractivity contribution in [2.45, 2.75) is 31.9 Å². The van der Waals surface area contributed by atoms with Gasteiger partial charge in [0, 0.05) is 32.3 Å². The molecule has 1 aromatic heterocycles. The Kier molecular flexibility index (Phi) is 4.98. The first-order chi connectivity index (χ1) is 8.35. The maximum atomic E-state index is 5.95. The Morgan fingerprint density at radius 2 is 2.53 bits per heavy atom. The summed E-state index contributed by atoms with van der Waals surface area (Å²) in [5.74, 6) is 0. The number of thiophene rings is 1. The minimum atomic E-state index is 0.358. The van der Waals surface area contributed by atoms with E-state index in [1.807, 2.05) is 0 Å². The Morgan fingerprint density at radius 3 is 3.18 bits per heavy atom. The molecule has 0 spiro atoms. The third-order valence-electron chi connectivity index (χ3n) is 3.43. The van der Waals surface area contributed by atoms with Gasteiger partial charge in [0.2, 0.25) is 0 Å². The van der Waals surface area contributed by atoms with E-state index in [1.165, 1.54) is 5.56 Å². The lowest BCUT2D eigenvalue weighted by atomic mass is 10.1. The Balaban J connectivity index is 2.07. The molecule has 2 heterocycles. The molecule has 1 saturated heterocycles. The van der Waals surface area contributed by atoms with Crippen LogP contribution in [0, 0.1) is 0 Å². The van der Waals surface area contributed by atoms with Crippen LogP contribution in [0.3, 0.4) is 0 Å². The predicted molar refractivity (Wildman–Crippen MR) is 72.3 cm³/mol. The summed E-state index contributed by atoms with van der Waals surface area (Å²) in [6.45, 7) is 5.86. The summed E-state index contributed by atoms with van der Waals surface area (Å²) in [5, 5.41) is 4.34. The molecule has 2 atom stereocenters. The van der Waals surface area contributed by atoms with E-state index in [0.29, 0.717) is 18.7 Å². The SMILES string of the molecule is CCC1CN(C(CN)c2ccsc2)CCCO1. The van der Waals surface area contributed by atoms with Crippen molar-refractivity contribution in [3.63, 3.8) is 0 Å². The molecule has 17 heavy (non-hydrogen) atoms. The number of rotatable bonds is 4. The van der Waals surface area contributed by atoms with Crippen LogP contribution >= 0.6 is 11.3 Å². The number of nitrogens with zero attached hydrogens (tertiary/aromatic N) is 1. The monoisotopic (exact) mass is 254 g/mol.